The number of nitrogens with zero attached hydrogens (tertiary/aromatic N) is 1. The van der Waals surface area contributed by atoms with Crippen molar-refractivity contribution in [2.75, 3.05) is 13.6 Å². The minimum atomic E-state index is -3.61. The third kappa shape index (κ3) is 3.99. The maximum atomic E-state index is 12.4. The quantitative estimate of drug-likeness (QED) is 0.727. The van der Waals surface area contributed by atoms with Crippen molar-refractivity contribution >= 4 is 44.8 Å². The van der Waals surface area contributed by atoms with Gasteiger partial charge in [-0.15, -0.1) is 11.6 Å². The number of sulfonamides is 1. The summed E-state index contributed by atoms with van der Waals surface area (Å²) in [4.78, 5) is 0.0489. The molecule has 7 heteroatoms. The first-order chi connectivity index (χ1) is 8.84. The van der Waals surface area contributed by atoms with Gasteiger partial charge in [0.25, 0.3) is 0 Å². The van der Waals surface area contributed by atoms with Gasteiger partial charge in [-0.05, 0) is 24.1 Å². The third-order valence-electron chi connectivity index (χ3n) is 2.76. The van der Waals surface area contributed by atoms with Crippen molar-refractivity contribution in [3.05, 3.63) is 27.7 Å². The van der Waals surface area contributed by atoms with Crippen molar-refractivity contribution in [3.63, 3.8) is 0 Å². The molecular weight excluding hydrogens is 329 g/mol. The Hall–Kier alpha value is -0.000000000000000111. The molecule has 108 valence electrons. The summed E-state index contributed by atoms with van der Waals surface area (Å²) in [7, 11) is -2.07. The average Bonchev–Trinajstić information content (AvgIpc) is 2.35. The predicted molar refractivity (Wildman–Crippen MR) is 80.7 cm³/mol. The fourth-order valence-electron chi connectivity index (χ4n) is 1.54. The van der Waals surface area contributed by atoms with Crippen molar-refractivity contribution < 1.29 is 8.42 Å². The van der Waals surface area contributed by atoms with E-state index in [1.54, 1.807) is 0 Å². The highest BCUT2D eigenvalue weighted by atomic mass is 35.5. The van der Waals surface area contributed by atoms with Crippen LogP contribution in [-0.4, -0.2) is 26.3 Å². The molecule has 0 fully saturated rings. The molecule has 0 unspecified atom stereocenters. The zero-order valence-corrected chi connectivity index (χ0v) is 13.9. The number of alkyl halides is 1. The van der Waals surface area contributed by atoms with Gasteiger partial charge in [0.15, 0.2) is 0 Å². The van der Waals surface area contributed by atoms with Gasteiger partial charge < -0.3 is 0 Å². The second kappa shape index (κ2) is 7.14. The number of hydrogen-bond acceptors (Lipinski definition) is 2. The van der Waals surface area contributed by atoms with E-state index >= 15 is 0 Å². The largest absolute Gasteiger partial charge is 0.244 e. The Morgan fingerprint density at radius 2 is 1.84 bits per heavy atom. The molecule has 0 aliphatic heterocycles. The lowest BCUT2D eigenvalue weighted by Gasteiger charge is -2.18. The zero-order valence-electron chi connectivity index (χ0n) is 10.8. The highest BCUT2D eigenvalue weighted by Crippen LogP contribution is 2.31. The van der Waals surface area contributed by atoms with E-state index in [2.05, 4.69) is 0 Å². The minimum Gasteiger partial charge on any atom is -0.207 e. The number of rotatable bonds is 6. The SMILES string of the molecule is CCCCN(C)S(=O)(=O)c1cc(CCl)c(Cl)cc1Cl. The van der Waals surface area contributed by atoms with Gasteiger partial charge in [0, 0.05) is 24.5 Å². The Kier molecular flexibility index (Phi) is 6.40. The normalized spacial score (nSPS) is 12.1. The fraction of sp³-hybridized carbons (Fsp3) is 0.500. The summed E-state index contributed by atoms with van der Waals surface area (Å²) in [6.07, 6.45) is 1.71. The molecule has 1 aromatic carbocycles. The topological polar surface area (TPSA) is 37.4 Å². The molecule has 0 spiro atoms. The van der Waals surface area contributed by atoms with Gasteiger partial charge in [0.05, 0.1) is 5.02 Å². The van der Waals surface area contributed by atoms with Crippen LogP contribution in [0.5, 0.6) is 0 Å². The van der Waals surface area contributed by atoms with Crippen LogP contribution in [0.4, 0.5) is 0 Å². The first-order valence-corrected chi connectivity index (χ1v) is 8.57. The molecule has 0 heterocycles. The van der Waals surface area contributed by atoms with E-state index in [1.807, 2.05) is 6.92 Å². The van der Waals surface area contributed by atoms with Crippen LogP contribution in [0.15, 0.2) is 17.0 Å². The number of benzene rings is 1. The van der Waals surface area contributed by atoms with Gasteiger partial charge in [0.1, 0.15) is 4.90 Å². The van der Waals surface area contributed by atoms with Crippen LogP contribution in [0, 0.1) is 0 Å². The van der Waals surface area contributed by atoms with E-state index in [-0.39, 0.29) is 15.8 Å². The van der Waals surface area contributed by atoms with Crippen molar-refractivity contribution in [2.45, 2.75) is 30.5 Å². The van der Waals surface area contributed by atoms with Crippen LogP contribution in [0.3, 0.4) is 0 Å². The summed E-state index contributed by atoms with van der Waals surface area (Å²) < 4.78 is 26.1. The van der Waals surface area contributed by atoms with Gasteiger partial charge >= 0.3 is 0 Å². The molecule has 0 atom stereocenters. The van der Waals surface area contributed by atoms with E-state index in [0.29, 0.717) is 17.1 Å². The second-order valence-electron chi connectivity index (χ2n) is 4.19. The summed E-state index contributed by atoms with van der Waals surface area (Å²) in [5.74, 6) is 0.136. The average molecular weight is 345 g/mol. The number of unbranched alkanes of at least 4 members (excludes halogenated alkanes) is 1. The third-order valence-corrected chi connectivity index (χ3v) is 5.72. The minimum absolute atomic E-state index is 0.0489. The molecule has 0 aliphatic rings. The molecule has 0 radical (unpaired) electrons. The van der Waals surface area contributed by atoms with E-state index in [4.69, 9.17) is 34.8 Å². The van der Waals surface area contributed by atoms with Crippen molar-refractivity contribution in [2.24, 2.45) is 0 Å². The maximum Gasteiger partial charge on any atom is 0.244 e. The van der Waals surface area contributed by atoms with E-state index in [9.17, 15) is 8.42 Å². The van der Waals surface area contributed by atoms with E-state index < -0.39 is 10.0 Å². The van der Waals surface area contributed by atoms with E-state index in [1.165, 1.54) is 23.5 Å². The summed E-state index contributed by atoms with van der Waals surface area (Å²) >= 11 is 17.7. The molecule has 0 saturated carbocycles. The number of hydrogen-bond donors (Lipinski definition) is 0. The van der Waals surface area contributed by atoms with Crippen molar-refractivity contribution in [1.29, 1.82) is 0 Å². The second-order valence-corrected chi connectivity index (χ2v) is 7.28. The summed E-state index contributed by atoms with van der Waals surface area (Å²) in [5, 5.41) is 0.484. The summed E-state index contributed by atoms with van der Waals surface area (Å²) in [5.41, 5.74) is 0.551. The Morgan fingerprint density at radius 3 is 2.37 bits per heavy atom. The summed E-state index contributed by atoms with van der Waals surface area (Å²) in [6.45, 7) is 2.45. The lowest BCUT2D eigenvalue weighted by Crippen LogP contribution is -2.28. The van der Waals surface area contributed by atoms with Gasteiger partial charge in [0.2, 0.25) is 10.0 Å². The maximum absolute atomic E-state index is 12.4. The Bertz CT molecular complexity index is 546. The van der Waals surface area contributed by atoms with Crippen molar-refractivity contribution in [1.82, 2.24) is 4.31 Å². The molecule has 19 heavy (non-hydrogen) atoms. The van der Waals surface area contributed by atoms with Gasteiger partial charge in [-0.1, -0.05) is 36.5 Å². The molecule has 0 aromatic heterocycles. The fourth-order valence-corrected chi connectivity index (χ4v) is 3.87. The van der Waals surface area contributed by atoms with Crippen LogP contribution in [0.1, 0.15) is 25.3 Å². The molecule has 1 aromatic rings. The standard InChI is InChI=1S/C12H16Cl3NO2S/c1-3-4-5-16(2)19(17,18)12-6-9(8-13)10(14)7-11(12)15/h6-7H,3-5,8H2,1-2H3. The van der Waals surface area contributed by atoms with Gasteiger partial charge in [-0.2, -0.15) is 0 Å². The van der Waals surface area contributed by atoms with E-state index in [0.717, 1.165) is 12.8 Å². The molecule has 0 amide bonds. The Labute approximate surface area is 129 Å². The molecule has 0 saturated heterocycles. The predicted octanol–water partition coefficient (Wildman–Crippen LogP) is 4.15. The summed E-state index contributed by atoms with van der Waals surface area (Å²) in [6, 6.07) is 2.86. The van der Waals surface area contributed by atoms with Crippen LogP contribution >= 0.6 is 34.8 Å². The highest BCUT2D eigenvalue weighted by Gasteiger charge is 2.24. The molecular formula is C12H16Cl3NO2S. The van der Waals surface area contributed by atoms with Gasteiger partial charge in [-0.3, -0.25) is 0 Å². The monoisotopic (exact) mass is 343 g/mol. The van der Waals surface area contributed by atoms with Crippen LogP contribution in [0.2, 0.25) is 10.0 Å². The lowest BCUT2D eigenvalue weighted by atomic mass is 10.2. The first kappa shape index (κ1) is 17.1. The lowest BCUT2D eigenvalue weighted by molar-refractivity contribution is 0.459. The van der Waals surface area contributed by atoms with Crippen molar-refractivity contribution in [3.8, 4) is 0 Å². The molecule has 0 aliphatic carbocycles. The smallest absolute Gasteiger partial charge is 0.207 e. The Morgan fingerprint density at radius 1 is 1.21 bits per heavy atom. The highest BCUT2D eigenvalue weighted by molar-refractivity contribution is 7.89. The molecule has 1 rings (SSSR count). The van der Waals surface area contributed by atoms with Gasteiger partial charge in [-0.25, -0.2) is 12.7 Å². The first-order valence-electron chi connectivity index (χ1n) is 5.84. The van der Waals surface area contributed by atoms with Crippen LogP contribution < -0.4 is 0 Å². The molecule has 0 N–H and O–H groups in total. The molecule has 3 nitrogen and oxygen atoms in total. The van der Waals surface area contributed by atoms with Crippen LogP contribution in [-0.2, 0) is 15.9 Å². The number of halogens is 3. The molecule has 0 bridgehead atoms. The zero-order chi connectivity index (χ0) is 14.6. The Balaban J connectivity index is 3.21. The van der Waals surface area contributed by atoms with Crippen LogP contribution in [0.25, 0.3) is 0 Å².